The Balaban J connectivity index is 1.97. The first-order valence-corrected chi connectivity index (χ1v) is 7.59. The predicted molar refractivity (Wildman–Crippen MR) is 70.5 cm³/mol. The summed E-state index contributed by atoms with van der Waals surface area (Å²) >= 11 is 0. The maximum Gasteiger partial charge on any atom is 0.216 e. The summed E-state index contributed by atoms with van der Waals surface area (Å²) in [5, 5.41) is 0. The second kappa shape index (κ2) is 3.57. The largest absolute Gasteiger partial charge is 0.297 e. The molecule has 18 heavy (non-hydrogen) atoms. The van der Waals surface area contributed by atoms with Crippen molar-refractivity contribution in [2.45, 2.75) is 52.6 Å². The Hall–Kier alpha value is -0.410. The molecule has 4 aliphatic heterocycles. The van der Waals surface area contributed by atoms with Crippen LogP contribution in [0, 0.1) is 10.8 Å². The Kier molecular flexibility index (Phi) is 2.50. The molecule has 0 radical (unpaired) electrons. The minimum Gasteiger partial charge on any atom is -0.297 e. The van der Waals surface area contributed by atoms with Gasteiger partial charge in [-0.05, 0) is 13.3 Å². The van der Waals surface area contributed by atoms with Crippen molar-refractivity contribution in [3.05, 3.63) is 0 Å². The van der Waals surface area contributed by atoms with Crippen LogP contribution in [0.3, 0.4) is 0 Å². The topological polar surface area (TPSA) is 26.0 Å². The van der Waals surface area contributed by atoms with E-state index in [4.69, 9.17) is 0 Å². The highest BCUT2D eigenvalue weighted by atomic mass is 16.1. The van der Waals surface area contributed by atoms with E-state index in [1.165, 1.54) is 12.8 Å². The van der Waals surface area contributed by atoms with Crippen LogP contribution in [-0.2, 0) is 4.79 Å². The first-order chi connectivity index (χ1) is 8.34. The number of nitrogens with one attached hydrogen (secondary N) is 2. The highest BCUT2D eigenvalue weighted by Gasteiger charge is 2.71. The van der Waals surface area contributed by atoms with Crippen LogP contribution >= 0.6 is 0 Å². The van der Waals surface area contributed by atoms with E-state index in [2.05, 4.69) is 27.7 Å². The van der Waals surface area contributed by atoms with Crippen molar-refractivity contribution in [2.75, 3.05) is 26.2 Å². The zero-order valence-corrected chi connectivity index (χ0v) is 12.4. The van der Waals surface area contributed by atoms with E-state index >= 15 is 0 Å². The van der Waals surface area contributed by atoms with Gasteiger partial charge in [0.1, 0.15) is 23.9 Å². The quantitative estimate of drug-likeness (QED) is 0.681. The lowest BCUT2D eigenvalue weighted by Gasteiger charge is -2.63. The average molecular weight is 252 g/mol. The summed E-state index contributed by atoms with van der Waals surface area (Å²) < 4.78 is 0. The molecule has 4 bridgehead atoms. The molecule has 2 N–H and O–H groups in total. The SMILES string of the molecule is CCCCC12C[NH+]3CC(C)(C[NH+](C1)C3(C)C)C2=O. The van der Waals surface area contributed by atoms with Gasteiger partial charge in [-0.25, -0.2) is 0 Å². The van der Waals surface area contributed by atoms with Gasteiger partial charge < -0.3 is 0 Å². The monoisotopic (exact) mass is 252 g/mol. The van der Waals surface area contributed by atoms with Crippen LogP contribution in [0.1, 0.15) is 47.0 Å². The van der Waals surface area contributed by atoms with Gasteiger partial charge in [-0.1, -0.05) is 19.8 Å². The molecular formula is C15H28N2O+2. The van der Waals surface area contributed by atoms with Gasteiger partial charge in [-0.15, -0.1) is 0 Å². The number of piperidine rings is 2. The summed E-state index contributed by atoms with van der Waals surface area (Å²) in [7, 11) is 0. The van der Waals surface area contributed by atoms with Gasteiger partial charge in [0.05, 0.1) is 13.1 Å². The van der Waals surface area contributed by atoms with E-state index in [1.807, 2.05) is 0 Å². The molecular weight excluding hydrogens is 224 g/mol. The van der Waals surface area contributed by atoms with E-state index in [9.17, 15) is 4.79 Å². The standard InChI is InChI=1S/C15H26N2O/c1-5-6-7-15-10-16-8-14(4,12(15)18)9-17(11-15)13(16,2)3/h5-11H2,1-4H3/p+2. The maximum absolute atomic E-state index is 12.9. The maximum atomic E-state index is 12.9. The minimum absolute atomic E-state index is 0.0153. The predicted octanol–water partition coefficient (Wildman–Crippen LogP) is -0.715. The van der Waals surface area contributed by atoms with E-state index in [0.717, 1.165) is 32.6 Å². The third kappa shape index (κ3) is 1.41. The summed E-state index contributed by atoms with van der Waals surface area (Å²) in [4.78, 5) is 16.3. The molecule has 2 unspecified atom stereocenters. The Bertz CT molecular complexity index is 370. The lowest BCUT2D eigenvalue weighted by atomic mass is 9.58. The number of hydrogen-bond acceptors (Lipinski definition) is 1. The molecule has 2 atom stereocenters. The second-order valence-corrected chi connectivity index (χ2v) is 7.81. The highest BCUT2D eigenvalue weighted by molar-refractivity contribution is 5.91. The first-order valence-electron chi connectivity index (χ1n) is 7.59. The van der Waals surface area contributed by atoms with Crippen LogP contribution in [0.2, 0.25) is 0 Å². The van der Waals surface area contributed by atoms with E-state index in [-0.39, 0.29) is 10.8 Å². The molecule has 0 saturated carbocycles. The Morgan fingerprint density at radius 2 is 1.61 bits per heavy atom. The molecule has 4 heterocycles. The molecule has 4 fully saturated rings. The molecule has 0 aliphatic carbocycles. The van der Waals surface area contributed by atoms with Crippen molar-refractivity contribution in [1.29, 1.82) is 0 Å². The van der Waals surface area contributed by atoms with Crippen molar-refractivity contribution in [3.63, 3.8) is 0 Å². The van der Waals surface area contributed by atoms with Gasteiger partial charge in [0, 0.05) is 13.8 Å². The second-order valence-electron chi connectivity index (χ2n) is 7.81. The van der Waals surface area contributed by atoms with Crippen molar-refractivity contribution in [1.82, 2.24) is 0 Å². The molecule has 4 saturated heterocycles. The zero-order chi connectivity index (χ0) is 13.2. The average Bonchev–Trinajstić information content (AvgIpc) is 2.28. The van der Waals surface area contributed by atoms with Crippen LogP contribution in [-0.4, -0.2) is 37.6 Å². The van der Waals surface area contributed by atoms with Crippen LogP contribution in [0.5, 0.6) is 0 Å². The van der Waals surface area contributed by atoms with Crippen LogP contribution in [0.25, 0.3) is 0 Å². The molecule has 0 aromatic heterocycles. The zero-order valence-electron chi connectivity index (χ0n) is 12.4. The lowest BCUT2D eigenvalue weighted by Crippen LogP contribution is -3.48. The third-order valence-electron chi connectivity index (χ3n) is 6.12. The van der Waals surface area contributed by atoms with Crippen LogP contribution < -0.4 is 9.80 Å². The molecule has 0 aromatic carbocycles. The van der Waals surface area contributed by atoms with Crippen molar-refractivity contribution < 1.29 is 14.6 Å². The summed E-state index contributed by atoms with van der Waals surface area (Å²) in [5.74, 6) is 0.603. The van der Waals surface area contributed by atoms with Gasteiger partial charge in [0.25, 0.3) is 0 Å². The highest BCUT2D eigenvalue weighted by Crippen LogP contribution is 2.39. The molecule has 0 spiro atoms. The smallest absolute Gasteiger partial charge is 0.216 e. The summed E-state index contributed by atoms with van der Waals surface area (Å²) in [6, 6.07) is 0. The Morgan fingerprint density at radius 1 is 1.06 bits per heavy atom. The van der Waals surface area contributed by atoms with E-state index < -0.39 is 0 Å². The number of quaternary nitrogens is 2. The summed E-state index contributed by atoms with van der Waals surface area (Å²) in [5.41, 5.74) is 0.293. The molecule has 3 heteroatoms. The lowest BCUT2D eigenvalue weighted by molar-refractivity contribution is -1.20. The molecule has 4 rings (SSSR count). The van der Waals surface area contributed by atoms with Gasteiger partial charge in [-0.2, -0.15) is 0 Å². The van der Waals surface area contributed by atoms with Crippen molar-refractivity contribution in [2.24, 2.45) is 10.8 Å². The van der Waals surface area contributed by atoms with E-state index in [0.29, 0.717) is 11.4 Å². The van der Waals surface area contributed by atoms with Crippen molar-refractivity contribution >= 4 is 5.78 Å². The number of carbonyl (C=O) groups is 1. The van der Waals surface area contributed by atoms with E-state index in [1.54, 1.807) is 9.80 Å². The first kappa shape index (κ1) is 12.6. The Labute approximate surface area is 111 Å². The number of rotatable bonds is 3. The van der Waals surface area contributed by atoms with Crippen LogP contribution in [0.4, 0.5) is 0 Å². The number of Topliss-reactive ketones (excluding diaryl/α,β-unsaturated/α-hetero) is 1. The molecule has 0 amide bonds. The number of carbonyl (C=O) groups excluding carboxylic acids is 1. The fraction of sp³-hybridized carbons (Fsp3) is 0.933. The van der Waals surface area contributed by atoms with Crippen molar-refractivity contribution in [3.8, 4) is 0 Å². The Morgan fingerprint density at radius 3 is 2.11 bits per heavy atom. The van der Waals surface area contributed by atoms with Gasteiger partial charge >= 0.3 is 0 Å². The number of unbranched alkanes of at least 4 members (excludes halogenated alkanes) is 1. The minimum atomic E-state index is -0.0373. The fourth-order valence-electron chi connectivity index (χ4n) is 4.91. The number of ketones is 1. The fourth-order valence-corrected chi connectivity index (χ4v) is 4.91. The molecule has 3 nitrogen and oxygen atoms in total. The summed E-state index contributed by atoms with van der Waals surface area (Å²) in [6.45, 7) is 13.6. The third-order valence-corrected chi connectivity index (χ3v) is 6.12. The summed E-state index contributed by atoms with van der Waals surface area (Å²) in [6.07, 6.45) is 3.55. The van der Waals surface area contributed by atoms with Crippen LogP contribution in [0.15, 0.2) is 0 Å². The van der Waals surface area contributed by atoms with Gasteiger partial charge in [0.2, 0.25) is 5.66 Å². The molecule has 0 aromatic rings. The van der Waals surface area contributed by atoms with Gasteiger partial charge in [-0.3, -0.25) is 14.6 Å². The number of hydrogen-bond donors (Lipinski definition) is 2. The molecule has 4 aliphatic rings. The van der Waals surface area contributed by atoms with Gasteiger partial charge in [0.15, 0.2) is 5.78 Å². The molecule has 102 valence electrons. The normalized spacial score (nSPS) is 48.8.